The van der Waals surface area contributed by atoms with Gasteiger partial charge in [-0.2, -0.15) is 0 Å². The number of hydrogen-bond acceptors (Lipinski definition) is 7. The van der Waals surface area contributed by atoms with E-state index in [0.29, 0.717) is 42.3 Å². The third-order valence-electron chi connectivity index (χ3n) is 8.91. The number of alkyl carbamates (subject to hydrolysis) is 1. The van der Waals surface area contributed by atoms with Crippen molar-refractivity contribution in [2.24, 2.45) is 5.92 Å². The highest BCUT2D eigenvalue weighted by atomic mass is 28.4. The van der Waals surface area contributed by atoms with Crippen LogP contribution in [0.4, 0.5) is 4.79 Å². The number of nitrogens with one attached hydrogen (secondary N) is 1. The molecule has 0 bridgehead atoms. The lowest BCUT2D eigenvalue weighted by Crippen LogP contribution is -2.54. The van der Waals surface area contributed by atoms with Crippen molar-refractivity contribution in [1.29, 1.82) is 0 Å². The summed E-state index contributed by atoms with van der Waals surface area (Å²) in [6.07, 6.45) is 0.514. The molecule has 0 saturated carbocycles. The first kappa shape index (κ1) is 40.3. The Balaban J connectivity index is 2.36. The molecule has 0 unspecified atom stereocenters. The molecule has 0 aliphatic heterocycles. The van der Waals surface area contributed by atoms with E-state index in [9.17, 15) is 14.7 Å². The molecule has 0 fully saturated rings. The summed E-state index contributed by atoms with van der Waals surface area (Å²) in [5.74, 6) is 0.221. The summed E-state index contributed by atoms with van der Waals surface area (Å²) in [7, 11) is -0.694. The fourth-order valence-corrected chi connectivity index (χ4v) is 12.5. The van der Waals surface area contributed by atoms with Crippen molar-refractivity contribution >= 4 is 20.4 Å². The molecule has 2 aromatic rings. The molecule has 2 N–H and O–H groups in total. The van der Waals surface area contributed by atoms with Crippen LogP contribution in [-0.2, 0) is 31.7 Å². The second-order valence-corrected chi connectivity index (χ2v) is 20.1. The van der Waals surface area contributed by atoms with Crippen LogP contribution in [-0.4, -0.2) is 56.4 Å². The van der Waals surface area contributed by atoms with E-state index in [-0.39, 0.29) is 12.5 Å². The Morgan fingerprint density at radius 3 is 1.89 bits per heavy atom. The maximum absolute atomic E-state index is 13.3. The third kappa shape index (κ3) is 12.6. The van der Waals surface area contributed by atoms with Gasteiger partial charge in [-0.15, -0.1) is 0 Å². The van der Waals surface area contributed by atoms with Crippen molar-refractivity contribution < 1.29 is 33.3 Å². The number of hydrogen-bond donors (Lipinski definition) is 2. The monoisotopic (exact) mass is 671 g/mol. The number of ether oxygens (including phenoxy) is 3. The molecule has 0 heterocycles. The van der Waals surface area contributed by atoms with Crippen LogP contribution in [0.25, 0.3) is 0 Å². The van der Waals surface area contributed by atoms with E-state index in [0.717, 1.165) is 16.9 Å². The molecule has 2 rings (SSSR count). The van der Waals surface area contributed by atoms with Gasteiger partial charge in [0.2, 0.25) is 8.32 Å². The number of carbonyl (C=O) groups excluding carboxylic acids is 2. The van der Waals surface area contributed by atoms with Gasteiger partial charge in [-0.05, 0) is 92.8 Å². The summed E-state index contributed by atoms with van der Waals surface area (Å²) in [4.78, 5) is 26.1. The Morgan fingerprint density at radius 1 is 0.830 bits per heavy atom. The maximum Gasteiger partial charge on any atom is 0.408 e. The first-order valence-corrected chi connectivity index (χ1v) is 19.3. The van der Waals surface area contributed by atoms with E-state index >= 15 is 0 Å². The van der Waals surface area contributed by atoms with E-state index in [1.54, 1.807) is 27.9 Å². The van der Waals surface area contributed by atoms with Gasteiger partial charge in [0.25, 0.3) is 0 Å². The second kappa shape index (κ2) is 18.6. The minimum absolute atomic E-state index is 0.0472. The Kier molecular flexibility index (Phi) is 15.9. The third-order valence-corrected chi connectivity index (χ3v) is 15.0. The Labute approximate surface area is 285 Å². The van der Waals surface area contributed by atoms with Gasteiger partial charge in [0, 0.05) is 0 Å². The van der Waals surface area contributed by atoms with E-state index in [4.69, 9.17) is 18.6 Å². The minimum atomic E-state index is -2.34. The summed E-state index contributed by atoms with van der Waals surface area (Å²) in [5, 5.41) is 14.0. The van der Waals surface area contributed by atoms with Crippen LogP contribution < -0.4 is 10.1 Å². The van der Waals surface area contributed by atoms with E-state index < -0.39 is 44.2 Å². The van der Waals surface area contributed by atoms with Crippen molar-refractivity contribution in [1.82, 2.24) is 5.32 Å². The highest BCUT2D eigenvalue weighted by Gasteiger charge is 2.48. The van der Waals surface area contributed by atoms with Gasteiger partial charge in [-0.1, -0.05) is 90.4 Å². The quantitative estimate of drug-likeness (QED) is 0.121. The highest BCUT2D eigenvalue weighted by Crippen LogP contribution is 2.44. The van der Waals surface area contributed by atoms with Gasteiger partial charge < -0.3 is 29.1 Å². The van der Waals surface area contributed by atoms with E-state index in [1.165, 1.54) is 0 Å². The van der Waals surface area contributed by atoms with Crippen molar-refractivity contribution in [3.05, 3.63) is 65.7 Å². The molecule has 0 radical (unpaired) electrons. The smallest absolute Gasteiger partial charge is 0.408 e. The number of aliphatic hydroxyl groups excluding tert-OH is 1. The van der Waals surface area contributed by atoms with Gasteiger partial charge >= 0.3 is 12.1 Å². The number of methoxy groups -OCH3 is 1. The highest BCUT2D eigenvalue weighted by molar-refractivity contribution is 6.77. The van der Waals surface area contributed by atoms with Gasteiger partial charge in [0.1, 0.15) is 24.0 Å². The lowest BCUT2D eigenvalue weighted by molar-refractivity contribution is -0.147. The lowest BCUT2D eigenvalue weighted by atomic mass is 9.86. The van der Waals surface area contributed by atoms with Crippen LogP contribution in [0.1, 0.15) is 99.6 Å². The largest absolute Gasteiger partial charge is 0.497 e. The van der Waals surface area contributed by atoms with Gasteiger partial charge in [-0.3, -0.25) is 0 Å². The van der Waals surface area contributed by atoms with Crippen molar-refractivity contribution in [3.63, 3.8) is 0 Å². The minimum Gasteiger partial charge on any atom is -0.497 e. The van der Waals surface area contributed by atoms with Crippen LogP contribution in [0.5, 0.6) is 5.75 Å². The van der Waals surface area contributed by atoms with Crippen LogP contribution in [0.3, 0.4) is 0 Å². The van der Waals surface area contributed by atoms with Crippen molar-refractivity contribution in [2.75, 3.05) is 7.11 Å². The number of aliphatic hydroxyl groups is 1. The number of esters is 1. The molecule has 4 atom stereocenters. The van der Waals surface area contributed by atoms with Crippen LogP contribution in [0.15, 0.2) is 54.6 Å². The first-order valence-electron chi connectivity index (χ1n) is 17.2. The number of amides is 1. The summed E-state index contributed by atoms with van der Waals surface area (Å²) in [5.41, 5.74) is 2.32. The molecule has 8 nitrogen and oxygen atoms in total. The average molecular weight is 672 g/mol. The molecule has 47 heavy (non-hydrogen) atoms. The maximum atomic E-state index is 13.3. The van der Waals surface area contributed by atoms with Crippen molar-refractivity contribution in [2.45, 2.75) is 142 Å². The van der Waals surface area contributed by atoms with Crippen LogP contribution >= 0.6 is 0 Å². The summed E-state index contributed by atoms with van der Waals surface area (Å²) < 4.78 is 23.8. The Bertz CT molecular complexity index is 1190. The van der Waals surface area contributed by atoms with Crippen LogP contribution in [0.2, 0.25) is 16.6 Å². The molecule has 0 aliphatic rings. The SMILES string of the molecule is COc1ccc(C[C@@H](CCC[C@H](NC(=O)OC(C)(C)C)C(=O)OCc2ccccc2)[C@@H](O[Si](C(C)C)(C(C)C)C(C)C)[C@H](C)O)cc1. The van der Waals surface area contributed by atoms with Gasteiger partial charge in [-0.25, -0.2) is 9.59 Å². The molecule has 0 aromatic heterocycles. The molecule has 1 amide bonds. The summed E-state index contributed by atoms with van der Waals surface area (Å²) in [6, 6.07) is 16.6. The molecule has 264 valence electrons. The zero-order chi connectivity index (χ0) is 35.4. The Morgan fingerprint density at radius 2 is 1.40 bits per heavy atom. The standard InChI is InChI=1S/C38H61NO7Si/c1-26(2)47(27(3)4,28(5)6)46-35(29(7)40)32(24-30-20-22-33(43-11)23-21-30)18-15-19-34(39-37(42)45-38(8,9)10)36(41)44-25-31-16-13-12-14-17-31/h12-14,16-17,20-23,26-29,32,34-35,40H,15,18-19,24-25H2,1-11H3,(H,39,42)/t29-,32+,34-,35-/m0/s1. The molecular weight excluding hydrogens is 611 g/mol. The predicted octanol–water partition coefficient (Wildman–Crippen LogP) is 8.60. The van der Waals surface area contributed by atoms with Gasteiger partial charge in [0.15, 0.2) is 0 Å². The van der Waals surface area contributed by atoms with E-state index in [2.05, 4.69) is 59.0 Å². The van der Waals surface area contributed by atoms with Gasteiger partial charge in [0.05, 0.1) is 19.3 Å². The summed E-state index contributed by atoms with van der Waals surface area (Å²) >= 11 is 0. The predicted molar refractivity (Wildman–Crippen MR) is 191 cm³/mol. The zero-order valence-electron chi connectivity index (χ0n) is 30.7. The molecule has 9 heteroatoms. The zero-order valence-corrected chi connectivity index (χ0v) is 31.7. The van der Waals surface area contributed by atoms with E-state index in [1.807, 2.05) is 49.4 Å². The molecule has 0 spiro atoms. The fraction of sp³-hybridized carbons (Fsp3) is 0.632. The molecular formula is C38H61NO7Si. The van der Waals surface area contributed by atoms with Crippen LogP contribution in [0, 0.1) is 5.92 Å². The molecule has 0 saturated heterocycles. The average Bonchev–Trinajstić information content (AvgIpc) is 2.98. The fourth-order valence-electron chi connectivity index (χ4n) is 6.79. The van der Waals surface area contributed by atoms with Crippen molar-refractivity contribution in [3.8, 4) is 5.75 Å². The molecule has 0 aliphatic carbocycles. The molecule has 2 aromatic carbocycles. The topological polar surface area (TPSA) is 103 Å². The normalized spacial score (nSPS) is 14.9. The number of carbonyl (C=O) groups is 2. The second-order valence-electron chi connectivity index (χ2n) is 14.7. The Hall–Kier alpha value is -2.88. The lowest BCUT2D eigenvalue weighted by Gasteiger charge is -2.47. The summed E-state index contributed by atoms with van der Waals surface area (Å²) in [6.45, 7) is 20.8. The first-order chi connectivity index (χ1) is 22.0. The number of benzene rings is 2. The number of rotatable bonds is 18.